The molecular formula is C16H25ClN6O. The number of carbonyl (C=O) groups is 1. The fourth-order valence-electron chi connectivity index (χ4n) is 2.86. The van der Waals surface area contributed by atoms with E-state index >= 15 is 0 Å². The second-order valence-corrected chi connectivity index (χ2v) is 7.29. The van der Waals surface area contributed by atoms with Gasteiger partial charge in [-0.3, -0.25) is 14.6 Å². The predicted octanol–water partition coefficient (Wildman–Crippen LogP) is 2.05. The minimum Gasteiger partial charge on any atom is -0.312 e. The van der Waals surface area contributed by atoms with Gasteiger partial charge in [0.15, 0.2) is 5.69 Å². The lowest BCUT2D eigenvalue weighted by Crippen LogP contribution is -2.25. The summed E-state index contributed by atoms with van der Waals surface area (Å²) >= 11 is 0. The molecule has 0 atom stereocenters. The number of nitrogens with one attached hydrogen (secondary N) is 3. The summed E-state index contributed by atoms with van der Waals surface area (Å²) in [7, 11) is 1.84. The maximum absolute atomic E-state index is 12.5. The maximum atomic E-state index is 12.5. The van der Waals surface area contributed by atoms with E-state index in [1.807, 2.05) is 13.1 Å². The molecule has 0 radical (unpaired) electrons. The fraction of sp³-hybridized carbons (Fsp3) is 0.562. The summed E-state index contributed by atoms with van der Waals surface area (Å²) in [6.45, 7) is 8.10. The highest BCUT2D eigenvalue weighted by Crippen LogP contribution is 2.22. The van der Waals surface area contributed by atoms with E-state index in [0.717, 1.165) is 36.3 Å². The molecule has 0 saturated carbocycles. The molecule has 2 aromatic rings. The molecule has 0 spiro atoms. The number of fused-ring (bicyclic) bond motifs is 1. The third-order valence-electron chi connectivity index (χ3n) is 3.90. The molecule has 8 heteroatoms. The topological polar surface area (TPSA) is 87.6 Å². The van der Waals surface area contributed by atoms with Crippen LogP contribution in [0.5, 0.6) is 0 Å². The number of rotatable bonds is 3. The number of anilines is 1. The Morgan fingerprint density at radius 1 is 1.42 bits per heavy atom. The van der Waals surface area contributed by atoms with Crippen molar-refractivity contribution in [1.29, 1.82) is 0 Å². The van der Waals surface area contributed by atoms with Crippen LogP contribution in [-0.4, -0.2) is 32.4 Å². The Morgan fingerprint density at radius 3 is 2.88 bits per heavy atom. The molecule has 3 heterocycles. The summed E-state index contributed by atoms with van der Waals surface area (Å²) in [4.78, 5) is 12.5. The first-order valence-corrected chi connectivity index (χ1v) is 7.94. The van der Waals surface area contributed by atoms with Crippen LogP contribution in [0.25, 0.3) is 0 Å². The van der Waals surface area contributed by atoms with Gasteiger partial charge in [-0.25, -0.2) is 0 Å². The summed E-state index contributed by atoms with van der Waals surface area (Å²) in [5, 5.41) is 17.8. The lowest BCUT2D eigenvalue weighted by Gasteiger charge is -2.15. The van der Waals surface area contributed by atoms with Crippen molar-refractivity contribution < 1.29 is 4.79 Å². The second-order valence-electron chi connectivity index (χ2n) is 7.29. The van der Waals surface area contributed by atoms with Crippen LogP contribution < -0.4 is 10.6 Å². The van der Waals surface area contributed by atoms with Crippen LogP contribution in [-0.2, 0) is 26.4 Å². The third-order valence-corrected chi connectivity index (χ3v) is 3.90. The molecule has 132 valence electrons. The van der Waals surface area contributed by atoms with Crippen molar-refractivity contribution in [1.82, 2.24) is 25.3 Å². The first-order chi connectivity index (χ1) is 10.8. The highest BCUT2D eigenvalue weighted by atomic mass is 35.5. The molecule has 0 aromatic carbocycles. The van der Waals surface area contributed by atoms with Crippen LogP contribution >= 0.6 is 12.4 Å². The van der Waals surface area contributed by atoms with Gasteiger partial charge in [0.1, 0.15) is 5.82 Å². The molecule has 0 unspecified atom stereocenters. The zero-order chi connectivity index (χ0) is 16.6. The first kappa shape index (κ1) is 18.5. The number of hydrogen-bond acceptors (Lipinski definition) is 4. The van der Waals surface area contributed by atoms with E-state index in [-0.39, 0.29) is 23.7 Å². The molecule has 0 aliphatic carbocycles. The summed E-state index contributed by atoms with van der Waals surface area (Å²) in [6.07, 6.45) is 1.73. The lowest BCUT2D eigenvalue weighted by molar-refractivity contribution is 0.102. The van der Waals surface area contributed by atoms with Gasteiger partial charge in [-0.15, -0.1) is 12.4 Å². The Kier molecular flexibility index (Phi) is 5.35. The normalized spacial score (nSPS) is 14.0. The zero-order valence-electron chi connectivity index (χ0n) is 14.6. The average Bonchev–Trinajstić information content (AvgIpc) is 3.01. The third kappa shape index (κ3) is 3.96. The van der Waals surface area contributed by atoms with Crippen molar-refractivity contribution in [2.75, 3.05) is 11.9 Å². The van der Waals surface area contributed by atoms with Crippen molar-refractivity contribution in [2.45, 2.75) is 40.2 Å². The maximum Gasteiger partial charge on any atom is 0.277 e. The van der Waals surface area contributed by atoms with Crippen molar-refractivity contribution in [3.8, 4) is 0 Å². The quantitative estimate of drug-likeness (QED) is 0.789. The lowest BCUT2D eigenvalue weighted by atomic mass is 9.91. The van der Waals surface area contributed by atoms with E-state index in [9.17, 15) is 4.79 Å². The number of halogens is 1. The van der Waals surface area contributed by atoms with Crippen LogP contribution in [0.3, 0.4) is 0 Å². The first-order valence-electron chi connectivity index (χ1n) is 7.94. The fourth-order valence-corrected chi connectivity index (χ4v) is 2.86. The summed E-state index contributed by atoms with van der Waals surface area (Å²) in [6, 6.07) is 1.93. The molecular weight excluding hydrogens is 328 g/mol. The zero-order valence-corrected chi connectivity index (χ0v) is 15.4. The van der Waals surface area contributed by atoms with Gasteiger partial charge in [0.2, 0.25) is 0 Å². The van der Waals surface area contributed by atoms with E-state index in [2.05, 4.69) is 46.7 Å². The number of H-pyrrole nitrogens is 1. The van der Waals surface area contributed by atoms with Gasteiger partial charge in [0.05, 0.1) is 5.69 Å². The number of hydrogen-bond donors (Lipinski definition) is 3. The number of carbonyl (C=O) groups excluding carboxylic acids is 1. The van der Waals surface area contributed by atoms with E-state index in [0.29, 0.717) is 18.1 Å². The number of aryl methyl sites for hydroxylation is 1. The number of amides is 1. The summed E-state index contributed by atoms with van der Waals surface area (Å²) in [5.74, 6) is 0.492. The number of aromatic nitrogens is 4. The molecule has 1 aliphatic rings. The van der Waals surface area contributed by atoms with E-state index < -0.39 is 0 Å². The van der Waals surface area contributed by atoms with Gasteiger partial charge in [-0.2, -0.15) is 10.2 Å². The van der Waals surface area contributed by atoms with Crippen LogP contribution in [0, 0.1) is 5.41 Å². The molecule has 2 aromatic heterocycles. The summed E-state index contributed by atoms with van der Waals surface area (Å²) in [5.41, 5.74) is 3.60. The van der Waals surface area contributed by atoms with Gasteiger partial charge in [-0.1, -0.05) is 20.8 Å². The second kappa shape index (κ2) is 6.94. The molecule has 1 amide bonds. The van der Waals surface area contributed by atoms with Crippen molar-refractivity contribution in [3.63, 3.8) is 0 Å². The Morgan fingerprint density at radius 2 is 2.17 bits per heavy atom. The van der Waals surface area contributed by atoms with Gasteiger partial charge >= 0.3 is 0 Å². The SMILES string of the molecule is Cl.Cn1nc(CC(C)(C)C)cc1NC(=O)c1n[nH]c2c1CNCC2. The van der Waals surface area contributed by atoms with Crippen molar-refractivity contribution in [3.05, 3.63) is 28.7 Å². The molecule has 0 saturated heterocycles. The van der Waals surface area contributed by atoms with Crippen LogP contribution in [0.1, 0.15) is 48.2 Å². The highest BCUT2D eigenvalue weighted by Gasteiger charge is 2.23. The monoisotopic (exact) mass is 352 g/mol. The molecule has 0 fully saturated rings. The van der Waals surface area contributed by atoms with E-state index in [4.69, 9.17) is 0 Å². The smallest absolute Gasteiger partial charge is 0.277 e. The van der Waals surface area contributed by atoms with Gasteiger partial charge in [0, 0.05) is 43.9 Å². The average molecular weight is 353 g/mol. The van der Waals surface area contributed by atoms with Gasteiger partial charge < -0.3 is 10.6 Å². The molecule has 1 aliphatic heterocycles. The molecule has 7 nitrogen and oxygen atoms in total. The van der Waals surface area contributed by atoms with E-state index in [1.54, 1.807) is 4.68 Å². The molecule has 24 heavy (non-hydrogen) atoms. The standard InChI is InChI=1S/C16H24N6O.ClH/c1-16(2,3)8-10-7-13(22(4)21-10)18-15(23)14-11-9-17-6-5-12(11)19-20-14;/h7,17H,5-6,8-9H2,1-4H3,(H,18,23)(H,19,20);1H. The summed E-state index contributed by atoms with van der Waals surface area (Å²) < 4.78 is 1.70. The van der Waals surface area contributed by atoms with Crippen molar-refractivity contribution >= 4 is 24.1 Å². The van der Waals surface area contributed by atoms with Gasteiger partial charge in [0.25, 0.3) is 5.91 Å². The van der Waals surface area contributed by atoms with Gasteiger partial charge in [-0.05, 0) is 11.8 Å². The molecule has 3 rings (SSSR count). The van der Waals surface area contributed by atoms with Crippen LogP contribution in [0.15, 0.2) is 6.07 Å². The minimum atomic E-state index is -0.198. The predicted molar refractivity (Wildman–Crippen MR) is 95.6 cm³/mol. The van der Waals surface area contributed by atoms with Crippen molar-refractivity contribution in [2.24, 2.45) is 12.5 Å². The van der Waals surface area contributed by atoms with E-state index in [1.165, 1.54) is 0 Å². The minimum absolute atomic E-state index is 0. The number of aromatic amines is 1. The van der Waals surface area contributed by atoms with Crippen LogP contribution in [0.4, 0.5) is 5.82 Å². The Balaban J connectivity index is 0.00000208. The van der Waals surface area contributed by atoms with Crippen LogP contribution in [0.2, 0.25) is 0 Å². The molecule has 0 bridgehead atoms. The Labute approximate surface area is 148 Å². The highest BCUT2D eigenvalue weighted by molar-refractivity contribution is 6.03. The Hall–Kier alpha value is -1.86. The largest absolute Gasteiger partial charge is 0.312 e. The Bertz CT molecular complexity index is 727. The number of nitrogens with zero attached hydrogens (tertiary/aromatic N) is 3. The molecule has 3 N–H and O–H groups in total.